The lowest BCUT2D eigenvalue weighted by Gasteiger charge is -2.12. The second-order valence-electron chi connectivity index (χ2n) is 5.63. The maximum Gasteiger partial charge on any atom is 0.417 e. The number of amides is 2. The van der Waals surface area contributed by atoms with E-state index in [0.717, 1.165) is 16.8 Å². The third-order valence-corrected chi connectivity index (χ3v) is 4.10. The van der Waals surface area contributed by atoms with Crippen LogP contribution in [0.4, 0.5) is 24.5 Å². The highest BCUT2D eigenvalue weighted by molar-refractivity contribution is 6.44. The smallest absolute Gasteiger partial charge is 0.318 e. The Morgan fingerprint density at radius 3 is 2.26 bits per heavy atom. The molecule has 0 aliphatic carbocycles. The largest absolute Gasteiger partial charge is 0.417 e. The Morgan fingerprint density at radius 2 is 1.52 bits per heavy atom. The lowest BCUT2D eigenvalue weighted by molar-refractivity contribution is -0.137. The van der Waals surface area contributed by atoms with Gasteiger partial charge in [-0.25, -0.2) is 0 Å². The first kappa shape index (κ1) is 18.7. The lowest BCUT2D eigenvalue weighted by Crippen LogP contribution is -2.29. The quantitative estimate of drug-likeness (QED) is 0.597. The number of nitrogens with one attached hydrogen (secondary N) is 2. The fraction of sp³-hybridized carbons (Fsp3) is 0.0526. The van der Waals surface area contributed by atoms with Crippen LogP contribution in [0.2, 0.25) is 5.02 Å². The summed E-state index contributed by atoms with van der Waals surface area (Å²) in [7, 11) is 0. The van der Waals surface area contributed by atoms with Gasteiger partial charge in [0.15, 0.2) is 0 Å². The van der Waals surface area contributed by atoms with E-state index in [2.05, 4.69) is 10.6 Å². The SMILES string of the molecule is O=C(Nc1ccc(Cl)c(C(F)(F)F)c1)C(=O)Nc1cccc2ccccc12. The van der Waals surface area contributed by atoms with Gasteiger partial charge in [0.25, 0.3) is 0 Å². The molecule has 0 saturated carbocycles. The Labute approximate surface area is 156 Å². The van der Waals surface area contributed by atoms with E-state index < -0.39 is 28.6 Å². The molecule has 0 unspecified atom stereocenters. The van der Waals surface area contributed by atoms with Crippen LogP contribution in [0.25, 0.3) is 10.8 Å². The van der Waals surface area contributed by atoms with Gasteiger partial charge in [-0.2, -0.15) is 13.2 Å². The molecule has 0 aliphatic heterocycles. The summed E-state index contributed by atoms with van der Waals surface area (Å²) in [6.45, 7) is 0. The number of fused-ring (bicyclic) bond motifs is 1. The van der Waals surface area contributed by atoms with Crippen molar-refractivity contribution < 1.29 is 22.8 Å². The number of rotatable bonds is 2. The number of carbonyl (C=O) groups is 2. The molecule has 3 aromatic rings. The second kappa shape index (κ2) is 7.28. The van der Waals surface area contributed by atoms with Crippen molar-refractivity contribution >= 4 is 45.6 Å². The van der Waals surface area contributed by atoms with Crippen molar-refractivity contribution in [1.82, 2.24) is 0 Å². The van der Waals surface area contributed by atoms with Gasteiger partial charge in [0.1, 0.15) is 0 Å². The average Bonchev–Trinajstić information content (AvgIpc) is 2.62. The van der Waals surface area contributed by atoms with Crippen molar-refractivity contribution in [2.45, 2.75) is 6.18 Å². The minimum atomic E-state index is -4.68. The molecule has 3 rings (SSSR count). The predicted molar refractivity (Wildman–Crippen MR) is 97.7 cm³/mol. The van der Waals surface area contributed by atoms with Gasteiger partial charge in [-0.05, 0) is 29.7 Å². The van der Waals surface area contributed by atoms with Gasteiger partial charge in [-0.1, -0.05) is 48.0 Å². The number of hydrogen-bond acceptors (Lipinski definition) is 2. The molecular formula is C19H12ClF3N2O2. The standard InChI is InChI=1S/C19H12ClF3N2O2/c20-15-9-8-12(10-14(15)19(21,22)23)24-17(26)18(27)25-16-7-3-5-11-4-1-2-6-13(11)16/h1-10H,(H,24,26)(H,25,27). The molecule has 3 aromatic carbocycles. The van der Waals surface area contributed by atoms with Crippen molar-refractivity contribution in [3.63, 3.8) is 0 Å². The third kappa shape index (κ3) is 4.20. The first-order valence-electron chi connectivity index (χ1n) is 7.72. The number of halogens is 4. The number of benzene rings is 3. The highest BCUT2D eigenvalue weighted by Crippen LogP contribution is 2.36. The topological polar surface area (TPSA) is 58.2 Å². The lowest BCUT2D eigenvalue weighted by atomic mass is 10.1. The van der Waals surface area contributed by atoms with Crippen LogP contribution in [-0.4, -0.2) is 11.8 Å². The van der Waals surface area contributed by atoms with Crippen LogP contribution < -0.4 is 10.6 Å². The summed E-state index contributed by atoms with van der Waals surface area (Å²) in [6.07, 6.45) is -4.68. The molecule has 0 aliphatic rings. The molecule has 0 heterocycles. The first-order chi connectivity index (χ1) is 12.8. The first-order valence-corrected chi connectivity index (χ1v) is 8.10. The van der Waals surface area contributed by atoms with Gasteiger partial charge in [0, 0.05) is 16.8 Å². The van der Waals surface area contributed by atoms with Crippen molar-refractivity contribution in [3.8, 4) is 0 Å². The van der Waals surface area contributed by atoms with Crippen LogP contribution in [0.1, 0.15) is 5.56 Å². The van der Waals surface area contributed by atoms with Crippen LogP contribution in [-0.2, 0) is 15.8 Å². The van der Waals surface area contributed by atoms with Crippen LogP contribution in [0.5, 0.6) is 0 Å². The highest BCUT2D eigenvalue weighted by Gasteiger charge is 2.33. The monoisotopic (exact) mass is 392 g/mol. The molecule has 0 bridgehead atoms. The normalized spacial score (nSPS) is 11.3. The summed E-state index contributed by atoms with van der Waals surface area (Å²) >= 11 is 5.53. The van der Waals surface area contributed by atoms with E-state index in [4.69, 9.17) is 11.6 Å². The molecule has 8 heteroatoms. The van der Waals surface area contributed by atoms with Crippen molar-refractivity contribution in [2.24, 2.45) is 0 Å². The highest BCUT2D eigenvalue weighted by atomic mass is 35.5. The Balaban J connectivity index is 1.78. The Bertz CT molecular complexity index is 1030. The molecule has 0 saturated heterocycles. The molecule has 27 heavy (non-hydrogen) atoms. The fourth-order valence-electron chi connectivity index (χ4n) is 2.52. The Kier molecular flexibility index (Phi) is 5.05. The van der Waals surface area contributed by atoms with E-state index >= 15 is 0 Å². The van der Waals surface area contributed by atoms with E-state index in [1.807, 2.05) is 18.2 Å². The zero-order valence-electron chi connectivity index (χ0n) is 13.6. The summed E-state index contributed by atoms with van der Waals surface area (Å²) < 4.78 is 38.7. The maximum absolute atomic E-state index is 12.9. The van der Waals surface area contributed by atoms with Gasteiger partial charge in [-0.15, -0.1) is 0 Å². The average molecular weight is 393 g/mol. The molecule has 0 fully saturated rings. The molecule has 2 amide bonds. The number of carbonyl (C=O) groups excluding carboxylic acids is 2. The second-order valence-corrected chi connectivity index (χ2v) is 6.03. The van der Waals surface area contributed by atoms with Crippen LogP contribution in [0.3, 0.4) is 0 Å². The summed E-state index contributed by atoms with van der Waals surface area (Å²) in [5.41, 5.74) is -0.874. The van der Waals surface area contributed by atoms with Gasteiger partial charge in [0.2, 0.25) is 0 Å². The minimum absolute atomic E-state index is 0.190. The predicted octanol–water partition coefficient (Wildman–Crippen LogP) is 5.09. The molecule has 0 radical (unpaired) electrons. The van der Waals surface area contributed by atoms with Gasteiger partial charge in [-0.3, -0.25) is 9.59 Å². The Hall–Kier alpha value is -3.06. The van der Waals surface area contributed by atoms with Crippen molar-refractivity contribution in [2.75, 3.05) is 10.6 Å². The van der Waals surface area contributed by atoms with Gasteiger partial charge >= 0.3 is 18.0 Å². The number of hydrogen-bond donors (Lipinski definition) is 2. The van der Waals surface area contributed by atoms with Gasteiger partial charge in [0.05, 0.1) is 10.6 Å². The van der Waals surface area contributed by atoms with E-state index in [-0.39, 0.29) is 5.69 Å². The van der Waals surface area contributed by atoms with Crippen LogP contribution in [0, 0.1) is 0 Å². The number of alkyl halides is 3. The molecule has 0 spiro atoms. The van der Waals surface area contributed by atoms with E-state index in [0.29, 0.717) is 11.8 Å². The zero-order chi connectivity index (χ0) is 19.6. The molecule has 4 nitrogen and oxygen atoms in total. The Morgan fingerprint density at radius 1 is 0.852 bits per heavy atom. The summed E-state index contributed by atoms with van der Waals surface area (Å²) in [5.74, 6) is -2.10. The molecule has 0 atom stereocenters. The van der Waals surface area contributed by atoms with E-state index in [1.165, 1.54) is 6.07 Å². The molecule has 0 aromatic heterocycles. The summed E-state index contributed by atoms with van der Waals surface area (Å²) in [5, 5.41) is 5.70. The molecular weight excluding hydrogens is 381 g/mol. The van der Waals surface area contributed by atoms with Crippen molar-refractivity contribution in [3.05, 3.63) is 71.2 Å². The minimum Gasteiger partial charge on any atom is -0.318 e. The summed E-state index contributed by atoms with van der Waals surface area (Å²) in [4.78, 5) is 24.2. The van der Waals surface area contributed by atoms with Gasteiger partial charge < -0.3 is 10.6 Å². The molecule has 138 valence electrons. The number of anilines is 2. The zero-order valence-corrected chi connectivity index (χ0v) is 14.4. The maximum atomic E-state index is 12.9. The van der Waals surface area contributed by atoms with E-state index in [9.17, 15) is 22.8 Å². The van der Waals surface area contributed by atoms with E-state index in [1.54, 1.807) is 24.3 Å². The summed E-state index contributed by atoms with van der Waals surface area (Å²) in [6, 6.07) is 15.3. The fourth-order valence-corrected chi connectivity index (χ4v) is 2.75. The van der Waals surface area contributed by atoms with Crippen molar-refractivity contribution in [1.29, 1.82) is 0 Å². The molecule has 2 N–H and O–H groups in total. The van der Waals surface area contributed by atoms with Crippen LogP contribution >= 0.6 is 11.6 Å². The van der Waals surface area contributed by atoms with Crippen LogP contribution in [0.15, 0.2) is 60.7 Å². The third-order valence-electron chi connectivity index (χ3n) is 3.77.